The maximum atomic E-state index is 12.6. The van der Waals surface area contributed by atoms with Crippen molar-refractivity contribution in [2.24, 2.45) is 17.2 Å². The summed E-state index contributed by atoms with van der Waals surface area (Å²) in [5.74, 6) is -0.877. The van der Waals surface area contributed by atoms with Crippen LogP contribution in [0.15, 0.2) is 60.7 Å². The number of rotatable bonds is 15. The number of amides is 6. The second kappa shape index (κ2) is 18.3. The summed E-state index contributed by atoms with van der Waals surface area (Å²) >= 11 is 2.03. The molecule has 0 saturated carbocycles. The summed E-state index contributed by atoms with van der Waals surface area (Å²) in [6.07, 6.45) is 0.488. The van der Waals surface area contributed by atoms with Crippen molar-refractivity contribution in [1.29, 1.82) is 0 Å². The van der Waals surface area contributed by atoms with Gasteiger partial charge in [-0.2, -0.15) is 0 Å². The molecule has 14 nitrogen and oxygen atoms in total. The van der Waals surface area contributed by atoms with Crippen molar-refractivity contribution >= 4 is 85.8 Å². The Labute approximate surface area is 282 Å². The predicted octanol–water partition coefficient (Wildman–Crippen LogP) is 4.66. The lowest BCUT2D eigenvalue weighted by Crippen LogP contribution is -2.18. The van der Waals surface area contributed by atoms with E-state index < -0.39 is 27.5 Å². The molecule has 0 atom stereocenters. The Hall–Kier alpha value is -4.87. The highest BCUT2D eigenvalue weighted by molar-refractivity contribution is 8.14. The van der Waals surface area contributed by atoms with Crippen molar-refractivity contribution < 1.29 is 38.2 Å². The van der Waals surface area contributed by atoms with Crippen LogP contribution >= 0.6 is 35.3 Å². The molecule has 3 aromatic rings. The number of carbonyl (C=O) groups is 6. The van der Waals surface area contributed by atoms with Gasteiger partial charge in [0.2, 0.25) is 17.7 Å². The van der Waals surface area contributed by atoms with Gasteiger partial charge in [-0.1, -0.05) is 53.5 Å². The highest BCUT2D eigenvalue weighted by Crippen LogP contribution is 2.35. The summed E-state index contributed by atoms with van der Waals surface area (Å²) in [6.45, 7) is 2.10. The van der Waals surface area contributed by atoms with Crippen LogP contribution < -0.4 is 42.6 Å². The fourth-order valence-corrected chi connectivity index (χ4v) is 4.92. The van der Waals surface area contributed by atoms with Crippen LogP contribution in [0.3, 0.4) is 0 Å². The van der Waals surface area contributed by atoms with Gasteiger partial charge in [-0.25, -0.2) is 0 Å². The number of hydrogen-bond acceptors (Lipinski definition) is 11. The average Bonchev–Trinajstić information content (AvgIpc) is 3.01. The maximum absolute atomic E-state index is 12.6. The molecule has 0 unspecified atom stereocenters. The van der Waals surface area contributed by atoms with Crippen molar-refractivity contribution in [2.75, 3.05) is 39.8 Å². The number of anilines is 3. The number of ether oxygens (including phenoxy) is 2. The van der Waals surface area contributed by atoms with Crippen molar-refractivity contribution in [3.05, 3.63) is 71.8 Å². The standard InChI is InChI=1S/C30H32N6O8S3/c1-17-12-19(34-25(37)14-45-28(31)40)7-6-18(17)10-11-43-23-9-8-20(13-22(23)36-27(39)16-47-30(33)42)44-24-5-3-2-4-21(24)35-26(38)15-46-29(32)41/h2-9,12-13H,10-11,14-16H2,1H3,(H2,31,40)(H2,32,41)(H2,33,42)(H,34,37)(H,35,38)(H,36,39). The summed E-state index contributed by atoms with van der Waals surface area (Å²) in [6, 6.07) is 16.8. The summed E-state index contributed by atoms with van der Waals surface area (Å²) < 4.78 is 12.0. The summed E-state index contributed by atoms with van der Waals surface area (Å²) in [4.78, 5) is 69.9. The fourth-order valence-electron chi connectivity index (χ4n) is 3.89. The minimum Gasteiger partial charge on any atom is -0.491 e. The SMILES string of the molecule is Cc1cc(NC(=O)CSC(N)=O)ccc1CCOc1ccc(Oc2ccccc2NC(=O)CSC(N)=O)cc1NC(=O)CSC(N)=O. The first-order valence-electron chi connectivity index (χ1n) is 13.7. The number of primary amides is 3. The van der Waals surface area contributed by atoms with Crippen molar-refractivity contribution in [1.82, 2.24) is 0 Å². The van der Waals surface area contributed by atoms with Gasteiger partial charge in [-0.05, 0) is 54.4 Å². The van der Waals surface area contributed by atoms with Gasteiger partial charge >= 0.3 is 0 Å². The van der Waals surface area contributed by atoms with Crippen LogP contribution in [0.4, 0.5) is 31.4 Å². The largest absolute Gasteiger partial charge is 0.491 e. The van der Waals surface area contributed by atoms with Crippen molar-refractivity contribution in [3.8, 4) is 17.2 Å². The molecule has 9 N–H and O–H groups in total. The van der Waals surface area contributed by atoms with Crippen LogP contribution in [0.2, 0.25) is 0 Å². The second-order valence-electron chi connectivity index (χ2n) is 9.46. The minimum absolute atomic E-state index is 0.0887. The Morgan fingerprint density at radius 3 is 1.83 bits per heavy atom. The van der Waals surface area contributed by atoms with Gasteiger partial charge in [0.25, 0.3) is 15.7 Å². The number of aryl methyl sites for hydroxylation is 1. The van der Waals surface area contributed by atoms with E-state index in [1.54, 1.807) is 48.5 Å². The number of nitrogens with two attached hydrogens (primary N) is 3. The highest BCUT2D eigenvalue weighted by Gasteiger charge is 2.15. The molecule has 0 spiro atoms. The molecule has 248 valence electrons. The number of carbonyl (C=O) groups excluding carboxylic acids is 6. The van der Waals surface area contributed by atoms with Gasteiger partial charge in [0.1, 0.15) is 11.5 Å². The first-order valence-corrected chi connectivity index (χ1v) is 16.6. The molecule has 0 heterocycles. The first-order chi connectivity index (χ1) is 22.4. The van der Waals surface area contributed by atoms with E-state index in [9.17, 15) is 28.8 Å². The van der Waals surface area contributed by atoms with E-state index in [1.165, 1.54) is 6.07 Å². The van der Waals surface area contributed by atoms with E-state index in [-0.39, 0.29) is 35.5 Å². The number of nitrogens with one attached hydrogen (secondary N) is 3. The van der Waals surface area contributed by atoms with E-state index in [0.29, 0.717) is 70.3 Å². The Morgan fingerprint density at radius 1 is 0.660 bits per heavy atom. The van der Waals surface area contributed by atoms with Gasteiger partial charge in [-0.15, -0.1) is 0 Å². The topological polar surface area (TPSA) is 235 Å². The van der Waals surface area contributed by atoms with Crippen LogP contribution in [0.1, 0.15) is 11.1 Å². The molecule has 0 fully saturated rings. The van der Waals surface area contributed by atoms with E-state index in [4.69, 9.17) is 26.7 Å². The number of para-hydroxylation sites is 2. The molecule has 0 radical (unpaired) electrons. The first kappa shape index (κ1) is 36.6. The van der Waals surface area contributed by atoms with Crippen LogP contribution in [0.5, 0.6) is 17.2 Å². The Kier molecular flexibility index (Phi) is 14.3. The van der Waals surface area contributed by atoms with Crippen LogP contribution in [-0.2, 0) is 20.8 Å². The molecular formula is C30H32N6O8S3. The summed E-state index contributed by atoms with van der Waals surface area (Å²) in [5, 5.41) is 6.08. The van der Waals surface area contributed by atoms with E-state index in [2.05, 4.69) is 16.0 Å². The molecule has 0 saturated heterocycles. The molecule has 3 rings (SSSR count). The summed E-state index contributed by atoms with van der Waals surface area (Å²) in [5.41, 5.74) is 18.3. The molecule has 6 amide bonds. The molecule has 0 aliphatic carbocycles. The number of benzene rings is 3. The monoisotopic (exact) mass is 700 g/mol. The smallest absolute Gasteiger partial charge is 0.276 e. The van der Waals surface area contributed by atoms with Gasteiger partial charge < -0.3 is 42.6 Å². The van der Waals surface area contributed by atoms with Crippen LogP contribution in [-0.4, -0.2) is 57.3 Å². The molecule has 0 aromatic heterocycles. The lowest BCUT2D eigenvalue weighted by molar-refractivity contribution is -0.114. The van der Waals surface area contributed by atoms with Gasteiger partial charge in [0.15, 0.2) is 5.75 Å². The maximum Gasteiger partial charge on any atom is 0.276 e. The third kappa shape index (κ3) is 13.2. The van der Waals surface area contributed by atoms with Gasteiger partial charge in [0.05, 0.1) is 35.2 Å². The Balaban J connectivity index is 1.72. The fraction of sp³-hybridized carbons (Fsp3) is 0.200. The molecule has 3 aromatic carbocycles. The van der Waals surface area contributed by atoms with Crippen molar-refractivity contribution in [3.63, 3.8) is 0 Å². The quantitative estimate of drug-likeness (QED) is 0.128. The van der Waals surface area contributed by atoms with E-state index in [1.807, 2.05) is 13.0 Å². The molecule has 0 aliphatic rings. The van der Waals surface area contributed by atoms with Gasteiger partial charge in [0, 0.05) is 18.2 Å². The second-order valence-corrected chi connectivity index (χ2v) is 12.4. The zero-order valence-corrected chi connectivity index (χ0v) is 27.5. The number of thioether (sulfide) groups is 3. The number of hydrogen-bond donors (Lipinski definition) is 6. The Bertz CT molecular complexity index is 1660. The van der Waals surface area contributed by atoms with Crippen LogP contribution in [0.25, 0.3) is 0 Å². The molecular weight excluding hydrogens is 669 g/mol. The minimum atomic E-state index is -0.702. The molecule has 0 bridgehead atoms. The summed E-state index contributed by atoms with van der Waals surface area (Å²) in [7, 11) is 0. The zero-order chi connectivity index (χ0) is 34.3. The lowest BCUT2D eigenvalue weighted by atomic mass is 10.1. The molecule has 47 heavy (non-hydrogen) atoms. The lowest BCUT2D eigenvalue weighted by Gasteiger charge is -2.16. The third-order valence-electron chi connectivity index (χ3n) is 5.91. The normalized spacial score (nSPS) is 10.4. The third-order valence-corrected chi connectivity index (χ3v) is 7.98. The molecule has 0 aliphatic heterocycles. The highest BCUT2D eigenvalue weighted by atomic mass is 32.2. The molecule has 17 heteroatoms. The van der Waals surface area contributed by atoms with Crippen molar-refractivity contribution in [2.45, 2.75) is 13.3 Å². The van der Waals surface area contributed by atoms with Gasteiger partial charge in [-0.3, -0.25) is 28.8 Å². The predicted molar refractivity (Wildman–Crippen MR) is 185 cm³/mol. The average molecular weight is 701 g/mol. The Morgan fingerprint density at radius 2 is 1.23 bits per heavy atom. The van der Waals surface area contributed by atoms with E-state index >= 15 is 0 Å². The van der Waals surface area contributed by atoms with Crippen LogP contribution in [0, 0.1) is 6.92 Å². The van der Waals surface area contributed by atoms with E-state index in [0.717, 1.165) is 11.1 Å². The zero-order valence-electron chi connectivity index (χ0n) is 25.0.